The van der Waals surface area contributed by atoms with Gasteiger partial charge in [0.05, 0.1) is 11.4 Å². The number of carbonyl (C=O) groups excluding carboxylic acids is 1. The Morgan fingerprint density at radius 2 is 1.55 bits per heavy atom. The number of hydrogen-bond acceptors (Lipinski definition) is 4. The molecule has 2 N–H and O–H groups in total. The van der Waals surface area contributed by atoms with Gasteiger partial charge in [0.25, 0.3) is 5.91 Å². The van der Waals surface area contributed by atoms with Crippen LogP contribution in [0.25, 0.3) is 6.08 Å². The highest BCUT2D eigenvalue weighted by molar-refractivity contribution is 6.74. The van der Waals surface area contributed by atoms with Crippen LogP contribution in [0.5, 0.6) is 0 Å². The summed E-state index contributed by atoms with van der Waals surface area (Å²) in [5.74, 6) is -0.473. The molecule has 22 heavy (non-hydrogen) atoms. The van der Waals surface area contributed by atoms with Crippen molar-refractivity contribution in [3.8, 4) is 0 Å². The van der Waals surface area contributed by atoms with Crippen molar-refractivity contribution in [1.82, 2.24) is 5.32 Å². The van der Waals surface area contributed by atoms with Gasteiger partial charge in [-0.2, -0.15) is 0 Å². The molecule has 1 fully saturated rings. The predicted octanol–water partition coefficient (Wildman–Crippen LogP) is 2.76. The minimum Gasteiger partial charge on any atom is -0.410 e. The van der Waals surface area contributed by atoms with Crippen LogP contribution < -0.4 is 5.32 Å². The molecular formula is C17H13N3O2. The van der Waals surface area contributed by atoms with Crippen LogP contribution in [0, 0.1) is 0 Å². The van der Waals surface area contributed by atoms with E-state index in [2.05, 4.69) is 15.5 Å². The van der Waals surface area contributed by atoms with Crippen molar-refractivity contribution < 1.29 is 10.0 Å². The summed E-state index contributed by atoms with van der Waals surface area (Å²) >= 11 is 0. The van der Waals surface area contributed by atoms with Gasteiger partial charge in [-0.25, -0.2) is 4.99 Å². The fourth-order valence-electron chi connectivity index (χ4n) is 2.13. The summed E-state index contributed by atoms with van der Waals surface area (Å²) in [7, 11) is 0. The molecule has 1 amide bonds. The van der Waals surface area contributed by atoms with Crippen molar-refractivity contribution in [2.45, 2.75) is 0 Å². The number of nitrogens with one attached hydrogen (secondary N) is 1. The van der Waals surface area contributed by atoms with E-state index in [-0.39, 0.29) is 5.71 Å². The van der Waals surface area contributed by atoms with Crippen LogP contribution in [0.15, 0.2) is 76.5 Å². The molecule has 1 saturated heterocycles. The first-order valence-electron chi connectivity index (χ1n) is 6.72. The maximum atomic E-state index is 11.9. The Morgan fingerprint density at radius 1 is 0.909 bits per heavy atom. The van der Waals surface area contributed by atoms with Crippen LogP contribution in [0.4, 0.5) is 5.69 Å². The van der Waals surface area contributed by atoms with Gasteiger partial charge in [0.15, 0.2) is 5.71 Å². The lowest BCUT2D eigenvalue weighted by atomic mass is 10.1. The minimum absolute atomic E-state index is 0.0916. The number of oxime groups is 1. The van der Waals surface area contributed by atoms with Crippen molar-refractivity contribution in [2.24, 2.45) is 10.1 Å². The maximum Gasteiger partial charge on any atom is 0.280 e. The van der Waals surface area contributed by atoms with Crippen molar-refractivity contribution >= 4 is 29.1 Å². The number of rotatable bonds is 2. The highest BCUT2D eigenvalue weighted by atomic mass is 16.4. The fourth-order valence-corrected chi connectivity index (χ4v) is 2.13. The Balaban J connectivity index is 2.07. The Labute approximate surface area is 127 Å². The molecule has 0 aromatic heterocycles. The molecule has 0 aliphatic carbocycles. The van der Waals surface area contributed by atoms with E-state index in [1.54, 1.807) is 6.08 Å². The first kappa shape index (κ1) is 13.8. The summed E-state index contributed by atoms with van der Waals surface area (Å²) in [6.45, 7) is 0. The summed E-state index contributed by atoms with van der Waals surface area (Å²) < 4.78 is 0. The largest absolute Gasteiger partial charge is 0.410 e. The van der Waals surface area contributed by atoms with E-state index < -0.39 is 5.91 Å². The summed E-state index contributed by atoms with van der Waals surface area (Å²) in [6.07, 6.45) is 1.79. The zero-order chi connectivity index (χ0) is 15.4. The lowest BCUT2D eigenvalue weighted by Gasteiger charge is -2.00. The second-order valence-corrected chi connectivity index (χ2v) is 4.67. The average molecular weight is 291 g/mol. The molecule has 0 bridgehead atoms. The van der Waals surface area contributed by atoms with Gasteiger partial charge in [0.1, 0.15) is 5.71 Å². The Bertz CT molecular complexity index is 778. The third-order valence-corrected chi connectivity index (χ3v) is 3.15. The second kappa shape index (κ2) is 6.05. The van der Waals surface area contributed by atoms with E-state index in [1.165, 1.54) is 0 Å². The van der Waals surface area contributed by atoms with E-state index in [4.69, 9.17) is 5.21 Å². The highest BCUT2D eigenvalue weighted by Crippen LogP contribution is 2.18. The van der Waals surface area contributed by atoms with Crippen LogP contribution in [0.1, 0.15) is 5.56 Å². The summed E-state index contributed by atoms with van der Waals surface area (Å²) in [5.41, 5.74) is 2.33. The Hall–Kier alpha value is -3.21. The molecule has 0 atom stereocenters. The van der Waals surface area contributed by atoms with Gasteiger partial charge in [0.2, 0.25) is 0 Å². The third-order valence-electron chi connectivity index (χ3n) is 3.15. The van der Waals surface area contributed by atoms with Crippen LogP contribution in [-0.4, -0.2) is 22.5 Å². The van der Waals surface area contributed by atoms with Crippen molar-refractivity contribution in [2.75, 3.05) is 0 Å². The number of benzene rings is 2. The van der Waals surface area contributed by atoms with Gasteiger partial charge in [-0.15, -0.1) is 0 Å². The van der Waals surface area contributed by atoms with Gasteiger partial charge in [-0.05, 0) is 23.8 Å². The van der Waals surface area contributed by atoms with E-state index in [1.807, 2.05) is 60.7 Å². The zero-order valence-corrected chi connectivity index (χ0v) is 11.6. The van der Waals surface area contributed by atoms with Crippen LogP contribution >= 0.6 is 0 Å². The number of amides is 1. The molecule has 5 nitrogen and oxygen atoms in total. The number of nitrogens with zero attached hydrogens (tertiary/aromatic N) is 2. The summed E-state index contributed by atoms with van der Waals surface area (Å²) in [5, 5.41) is 14.8. The van der Waals surface area contributed by atoms with E-state index in [9.17, 15) is 4.79 Å². The Morgan fingerprint density at radius 3 is 2.18 bits per heavy atom. The number of hydrogen-bond donors (Lipinski definition) is 2. The summed E-state index contributed by atoms with van der Waals surface area (Å²) in [4.78, 5) is 16.3. The molecule has 2 aromatic carbocycles. The molecule has 0 saturated carbocycles. The standard InChI is InChI=1S/C17H13N3O2/c21-17-16(20-22)15(18-13-9-5-2-6-10-13)14(19-17)11-12-7-3-1-4-8-12/h1-11,22H,(H,19,21)/b14-11-,18-15?,20-16-. The van der Waals surface area contributed by atoms with Gasteiger partial charge < -0.3 is 10.5 Å². The van der Waals surface area contributed by atoms with Gasteiger partial charge >= 0.3 is 0 Å². The predicted molar refractivity (Wildman–Crippen MR) is 85.3 cm³/mol. The molecule has 0 unspecified atom stereocenters. The average Bonchev–Trinajstić information content (AvgIpc) is 2.84. The smallest absolute Gasteiger partial charge is 0.280 e. The van der Waals surface area contributed by atoms with Crippen molar-refractivity contribution in [3.05, 3.63) is 71.9 Å². The molecular weight excluding hydrogens is 278 g/mol. The lowest BCUT2D eigenvalue weighted by Crippen LogP contribution is -2.19. The molecule has 1 aliphatic heterocycles. The third kappa shape index (κ3) is 2.78. The lowest BCUT2D eigenvalue weighted by molar-refractivity contribution is -0.113. The van der Waals surface area contributed by atoms with Gasteiger partial charge in [0, 0.05) is 0 Å². The molecule has 5 heteroatoms. The summed E-state index contributed by atoms with van der Waals surface area (Å²) in [6, 6.07) is 18.7. The van der Waals surface area contributed by atoms with Gasteiger partial charge in [-0.3, -0.25) is 4.79 Å². The van der Waals surface area contributed by atoms with E-state index in [0.29, 0.717) is 17.1 Å². The monoisotopic (exact) mass is 291 g/mol. The minimum atomic E-state index is -0.473. The fraction of sp³-hybridized carbons (Fsp3) is 0. The molecule has 2 aromatic rings. The zero-order valence-electron chi connectivity index (χ0n) is 11.6. The van der Waals surface area contributed by atoms with Crippen LogP contribution in [0.2, 0.25) is 0 Å². The molecule has 1 aliphatic rings. The quantitative estimate of drug-likeness (QED) is 0.659. The molecule has 0 radical (unpaired) electrons. The molecule has 0 spiro atoms. The normalized spacial score (nSPS) is 19.8. The first-order valence-corrected chi connectivity index (χ1v) is 6.72. The maximum absolute atomic E-state index is 11.9. The SMILES string of the molecule is O=C1N/C(=C\c2ccccc2)C(=Nc2ccccc2)/C1=N/O. The van der Waals surface area contributed by atoms with Gasteiger partial charge in [-0.1, -0.05) is 53.7 Å². The highest BCUT2D eigenvalue weighted by Gasteiger charge is 2.31. The van der Waals surface area contributed by atoms with Crippen molar-refractivity contribution in [3.63, 3.8) is 0 Å². The topological polar surface area (TPSA) is 74.0 Å². The first-order chi connectivity index (χ1) is 10.8. The number of allylic oxidation sites excluding steroid dienone is 1. The Kier molecular flexibility index (Phi) is 3.78. The number of carbonyl (C=O) groups is 1. The van der Waals surface area contributed by atoms with E-state index in [0.717, 1.165) is 5.56 Å². The number of para-hydroxylation sites is 1. The number of aliphatic imine (C=N–C) groups is 1. The van der Waals surface area contributed by atoms with Crippen molar-refractivity contribution in [1.29, 1.82) is 0 Å². The molecule has 3 rings (SSSR count). The van der Waals surface area contributed by atoms with Crippen LogP contribution in [0.3, 0.4) is 0 Å². The van der Waals surface area contributed by atoms with E-state index >= 15 is 0 Å². The second-order valence-electron chi connectivity index (χ2n) is 4.67. The van der Waals surface area contributed by atoms with Crippen LogP contribution in [-0.2, 0) is 4.79 Å². The molecule has 1 heterocycles. The molecule has 108 valence electrons.